The van der Waals surface area contributed by atoms with Gasteiger partial charge in [0.15, 0.2) is 0 Å². The Bertz CT molecular complexity index is 600. The summed E-state index contributed by atoms with van der Waals surface area (Å²) >= 11 is 5.13. The second-order valence-corrected chi connectivity index (χ2v) is 8.66. The van der Waals surface area contributed by atoms with Gasteiger partial charge in [-0.15, -0.1) is 11.8 Å². The van der Waals surface area contributed by atoms with Gasteiger partial charge in [-0.2, -0.15) is 0 Å². The number of amides is 2. The van der Waals surface area contributed by atoms with Gasteiger partial charge in [0, 0.05) is 53.6 Å². The Morgan fingerprint density at radius 3 is 2.29 bits per heavy atom. The highest BCUT2D eigenvalue weighted by Crippen LogP contribution is 2.39. The molecule has 0 aromatic heterocycles. The van der Waals surface area contributed by atoms with Crippen molar-refractivity contribution in [2.75, 3.05) is 31.9 Å². The van der Waals surface area contributed by atoms with Crippen molar-refractivity contribution in [2.24, 2.45) is 11.8 Å². The Kier molecular flexibility index (Phi) is 5.87. The molecule has 1 saturated heterocycles. The number of benzene rings is 1. The number of carbonyl (C=O) groups excluding carboxylic acids is 2. The third-order valence-electron chi connectivity index (χ3n) is 4.77. The Morgan fingerprint density at radius 1 is 1.12 bits per heavy atom. The monoisotopic (exact) mass is 410 g/mol. The molecule has 1 aromatic carbocycles. The third-order valence-corrected chi connectivity index (χ3v) is 6.31. The lowest BCUT2D eigenvalue weighted by atomic mass is 10.2. The second kappa shape index (κ2) is 7.91. The lowest BCUT2D eigenvalue weighted by molar-refractivity contribution is -0.140. The molecule has 1 saturated carbocycles. The summed E-state index contributed by atoms with van der Waals surface area (Å²) < 4.78 is 1.07. The zero-order chi connectivity index (χ0) is 17.1. The van der Waals surface area contributed by atoms with Crippen LogP contribution in [0.4, 0.5) is 0 Å². The van der Waals surface area contributed by atoms with Gasteiger partial charge in [0.1, 0.15) is 0 Å². The maximum absolute atomic E-state index is 12.3. The molecule has 0 bridgehead atoms. The van der Waals surface area contributed by atoms with Crippen LogP contribution in [0.2, 0.25) is 0 Å². The number of hydrogen-bond acceptors (Lipinski definition) is 3. The maximum atomic E-state index is 12.3. The molecule has 0 spiro atoms. The highest BCUT2D eigenvalue weighted by Gasteiger charge is 2.42. The summed E-state index contributed by atoms with van der Waals surface area (Å²) in [5.74, 6) is 2.08. The molecule has 0 unspecified atom stereocenters. The van der Waals surface area contributed by atoms with Gasteiger partial charge in [0.25, 0.3) is 0 Å². The first-order chi connectivity index (χ1) is 11.5. The number of hydrogen-bond donors (Lipinski definition) is 0. The number of rotatable bonds is 5. The summed E-state index contributed by atoms with van der Waals surface area (Å²) in [7, 11) is 0. The van der Waals surface area contributed by atoms with E-state index < -0.39 is 0 Å². The van der Waals surface area contributed by atoms with Crippen molar-refractivity contribution >= 4 is 39.5 Å². The van der Waals surface area contributed by atoms with Crippen LogP contribution in [0.25, 0.3) is 0 Å². The normalized spacial score (nSPS) is 23.2. The molecule has 2 amide bonds. The van der Waals surface area contributed by atoms with Crippen LogP contribution in [0.15, 0.2) is 33.6 Å². The van der Waals surface area contributed by atoms with E-state index in [1.165, 1.54) is 4.90 Å². The summed E-state index contributed by atoms with van der Waals surface area (Å²) in [6.45, 7) is 4.86. The average molecular weight is 411 g/mol. The first-order valence-corrected chi connectivity index (χ1v) is 10.3. The third kappa shape index (κ3) is 4.54. The van der Waals surface area contributed by atoms with E-state index in [1.54, 1.807) is 11.8 Å². The van der Waals surface area contributed by atoms with Gasteiger partial charge in [-0.1, -0.05) is 22.9 Å². The number of nitrogens with zero attached hydrogens (tertiary/aromatic N) is 2. The average Bonchev–Trinajstić information content (AvgIpc) is 3.33. The van der Waals surface area contributed by atoms with Gasteiger partial charge >= 0.3 is 0 Å². The fourth-order valence-corrected chi connectivity index (χ4v) is 4.13. The minimum absolute atomic E-state index is 0.200. The second-order valence-electron chi connectivity index (χ2n) is 6.58. The largest absolute Gasteiger partial charge is 0.339 e. The first kappa shape index (κ1) is 17.8. The van der Waals surface area contributed by atoms with Crippen molar-refractivity contribution in [2.45, 2.75) is 24.7 Å². The minimum Gasteiger partial charge on any atom is -0.339 e. The number of halogens is 1. The maximum Gasteiger partial charge on any atom is 0.226 e. The van der Waals surface area contributed by atoms with Gasteiger partial charge in [0.05, 0.1) is 0 Å². The van der Waals surface area contributed by atoms with Crippen LogP contribution in [-0.2, 0) is 9.59 Å². The van der Waals surface area contributed by atoms with Crippen LogP contribution >= 0.6 is 27.7 Å². The Morgan fingerprint density at radius 2 is 1.71 bits per heavy atom. The fraction of sp³-hybridized carbons (Fsp3) is 0.556. The van der Waals surface area contributed by atoms with E-state index in [0.29, 0.717) is 44.4 Å². The number of thioether (sulfide) groups is 1. The molecule has 0 N–H and O–H groups in total. The highest BCUT2D eigenvalue weighted by atomic mass is 79.9. The van der Waals surface area contributed by atoms with Crippen molar-refractivity contribution in [1.82, 2.24) is 9.80 Å². The van der Waals surface area contributed by atoms with Crippen LogP contribution in [-0.4, -0.2) is 53.5 Å². The van der Waals surface area contributed by atoms with Crippen LogP contribution in [0, 0.1) is 11.8 Å². The van der Waals surface area contributed by atoms with Gasteiger partial charge in [-0.05, 0) is 36.6 Å². The zero-order valence-electron chi connectivity index (χ0n) is 13.9. The van der Waals surface area contributed by atoms with Crippen LogP contribution in [0.1, 0.15) is 19.8 Å². The molecule has 4 nitrogen and oxygen atoms in total. The van der Waals surface area contributed by atoms with E-state index in [0.717, 1.165) is 16.6 Å². The SMILES string of the molecule is C[C@H]1C[C@@H]1C(=O)N1CCN(C(=O)CCSc2ccc(Br)cc2)CC1. The highest BCUT2D eigenvalue weighted by molar-refractivity contribution is 9.10. The Hall–Kier alpha value is -1.01. The smallest absolute Gasteiger partial charge is 0.226 e. The standard InChI is InChI=1S/C18H23BrN2O2S/c1-13-12-16(13)18(23)21-9-7-20(8-10-21)17(22)6-11-24-15-4-2-14(19)3-5-15/h2-5,13,16H,6-12H2,1H3/t13-,16-/m0/s1. The van der Waals surface area contributed by atoms with Gasteiger partial charge in [0.2, 0.25) is 11.8 Å². The molecule has 1 heterocycles. The summed E-state index contributed by atoms with van der Waals surface area (Å²) in [5.41, 5.74) is 0. The van der Waals surface area contributed by atoms with E-state index in [2.05, 4.69) is 35.0 Å². The lowest BCUT2D eigenvalue weighted by Gasteiger charge is -2.35. The molecule has 6 heteroatoms. The molecule has 1 aliphatic heterocycles. The molecule has 2 aliphatic rings. The van der Waals surface area contributed by atoms with Gasteiger partial charge in [-0.25, -0.2) is 0 Å². The minimum atomic E-state index is 0.200. The molecule has 3 rings (SSSR count). The molecule has 2 fully saturated rings. The summed E-state index contributed by atoms with van der Waals surface area (Å²) in [4.78, 5) is 29.6. The van der Waals surface area contributed by atoms with Gasteiger partial charge in [-0.3, -0.25) is 9.59 Å². The van der Waals surface area contributed by atoms with Crippen molar-refractivity contribution in [3.05, 3.63) is 28.7 Å². The quantitative estimate of drug-likeness (QED) is 0.699. The van der Waals surface area contributed by atoms with Gasteiger partial charge < -0.3 is 9.80 Å². The van der Waals surface area contributed by atoms with E-state index >= 15 is 0 Å². The predicted octanol–water partition coefficient (Wildman–Crippen LogP) is 3.26. The van der Waals surface area contributed by atoms with Crippen molar-refractivity contribution in [3.63, 3.8) is 0 Å². The molecule has 130 valence electrons. The molecular formula is C18H23BrN2O2S. The predicted molar refractivity (Wildman–Crippen MR) is 99.9 cm³/mol. The van der Waals surface area contributed by atoms with Crippen molar-refractivity contribution in [3.8, 4) is 0 Å². The van der Waals surface area contributed by atoms with Crippen LogP contribution in [0.5, 0.6) is 0 Å². The molecule has 1 aromatic rings. The van der Waals surface area contributed by atoms with E-state index in [1.807, 2.05) is 21.9 Å². The Labute approximate surface area is 156 Å². The fourth-order valence-electron chi connectivity index (χ4n) is 3.02. The van der Waals surface area contributed by atoms with E-state index in [9.17, 15) is 9.59 Å². The number of carbonyl (C=O) groups is 2. The summed E-state index contributed by atoms with van der Waals surface area (Å²) in [6, 6.07) is 8.15. The molecule has 24 heavy (non-hydrogen) atoms. The lowest BCUT2D eigenvalue weighted by Crippen LogP contribution is -2.51. The topological polar surface area (TPSA) is 40.6 Å². The van der Waals surface area contributed by atoms with Crippen molar-refractivity contribution in [1.29, 1.82) is 0 Å². The number of piperazine rings is 1. The zero-order valence-corrected chi connectivity index (χ0v) is 16.3. The molecule has 0 radical (unpaired) electrons. The first-order valence-electron chi connectivity index (χ1n) is 8.49. The summed E-state index contributed by atoms with van der Waals surface area (Å²) in [5, 5.41) is 0. The van der Waals surface area contributed by atoms with E-state index in [4.69, 9.17) is 0 Å². The molecule has 2 atom stereocenters. The Balaban J connectivity index is 1.37. The molecule has 1 aliphatic carbocycles. The van der Waals surface area contributed by atoms with Crippen LogP contribution < -0.4 is 0 Å². The summed E-state index contributed by atoms with van der Waals surface area (Å²) in [6.07, 6.45) is 1.58. The molecular weight excluding hydrogens is 388 g/mol. The van der Waals surface area contributed by atoms with Crippen molar-refractivity contribution < 1.29 is 9.59 Å². The van der Waals surface area contributed by atoms with Crippen LogP contribution in [0.3, 0.4) is 0 Å². The van der Waals surface area contributed by atoms with E-state index in [-0.39, 0.29) is 11.8 Å².